The van der Waals surface area contributed by atoms with Gasteiger partial charge in [0, 0.05) is 0 Å². The van der Waals surface area contributed by atoms with Crippen LogP contribution in [0.1, 0.15) is 138 Å². The third-order valence-electron chi connectivity index (χ3n) is 7.32. The summed E-state index contributed by atoms with van der Waals surface area (Å²) in [6.45, 7) is 15.1. The number of carboxylic acids is 1. The molecule has 0 amide bonds. The smallest absolute Gasteiger partial charge is 0.310 e. The number of rotatable bonds is 19. The van der Waals surface area contributed by atoms with E-state index < -0.39 is 11.4 Å². The molecule has 0 rings (SSSR count). The predicted molar refractivity (Wildman–Crippen MR) is 128 cm³/mol. The summed E-state index contributed by atoms with van der Waals surface area (Å²) in [6.07, 6.45) is 18.7. The highest BCUT2D eigenvalue weighted by Gasteiger charge is 2.51. The maximum atomic E-state index is 12.4. The van der Waals surface area contributed by atoms with Crippen molar-refractivity contribution in [3.8, 4) is 0 Å². The Hall–Kier alpha value is -0.530. The van der Waals surface area contributed by atoms with E-state index >= 15 is 0 Å². The predicted octanol–water partition coefficient (Wildman–Crippen LogP) is 9.12. The molecule has 0 radical (unpaired) electrons. The molecule has 0 spiro atoms. The molecule has 0 saturated carbocycles. The number of aliphatic carboxylic acids is 1. The SMILES string of the molecule is CCCCCCCCCCCCCCCC(C(C)C)C(C(=O)O)(C(C)C)C(C)C. The first-order valence-electron chi connectivity index (χ1n) is 13.0. The zero-order valence-electron chi connectivity index (χ0n) is 21.1. The van der Waals surface area contributed by atoms with Gasteiger partial charge in [0.1, 0.15) is 0 Å². The fourth-order valence-corrected chi connectivity index (χ4v) is 5.68. The third kappa shape index (κ3) is 9.88. The molecule has 0 aliphatic heterocycles. The van der Waals surface area contributed by atoms with Crippen LogP contribution < -0.4 is 0 Å². The molecule has 0 saturated heterocycles. The van der Waals surface area contributed by atoms with Gasteiger partial charge in [-0.15, -0.1) is 0 Å². The third-order valence-corrected chi connectivity index (χ3v) is 7.32. The van der Waals surface area contributed by atoms with Gasteiger partial charge in [0.15, 0.2) is 0 Å². The second-order valence-corrected chi connectivity index (χ2v) is 10.4. The van der Waals surface area contributed by atoms with Crippen LogP contribution in [0.25, 0.3) is 0 Å². The van der Waals surface area contributed by atoms with Gasteiger partial charge in [0.05, 0.1) is 5.41 Å². The normalized spacial score (nSPS) is 13.6. The van der Waals surface area contributed by atoms with E-state index in [-0.39, 0.29) is 17.8 Å². The highest BCUT2D eigenvalue weighted by atomic mass is 16.4. The molecule has 0 bridgehead atoms. The Kier molecular flexibility index (Phi) is 15.9. The molecule has 1 atom stereocenters. The molecule has 0 aliphatic rings. The molecule has 2 nitrogen and oxygen atoms in total. The average Bonchev–Trinajstić information content (AvgIpc) is 2.63. The second-order valence-electron chi connectivity index (χ2n) is 10.4. The molecular weight excluding hydrogens is 356 g/mol. The molecule has 0 aromatic rings. The van der Waals surface area contributed by atoms with E-state index in [1.807, 2.05) is 0 Å². The van der Waals surface area contributed by atoms with Crippen LogP contribution in [0.4, 0.5) is 0 Å². The Morgan fingerprint density at radius 1 is 0.655 bits per heavy atom. The lowest BCUT2D eigenvalue weighted by Crippen LogP contribution is -2.49. The topological polar surface area (TPSA) is 37.3 Å². The van der Waals surface area contributed by atoms with Crippen LogP contribution in [0.15, 0.2) is 0 Å². The van der Waals surface area contributed by atoms with Gasteiger partial charge in [0.2, 0.25) is 0 Å². The van der Waals surface area contributed by atoms with Gasteiger partial charge in [-0.25, -0.2) is 0 Å². The summed E-state index contributed by atoms with van der Waals surface area (Å²) >= 11 is 0. The van der Waals surface area contributed by atoms with Crippen molar-refractivity contribution < 1.29 is 9.90 Å². The van der Waals surface area contributed by atoms with Gasteiger partial charge < -0.3 is 5.11 Å². The molecule has 2 heteroatoms. The summed E-state index contributed by atoms with van der Waals surface area (Å²) in [5.74, 6) is 0.403. The lowest BCUT2D eigenvalue weighted by Gasteiger charge is -2.46. The summed E-state index contributed by atoms with van der Waals surface area (Å²) in [5, 5.41) is 10.2. The maximum Gasteiger partial charge on any atom is 0.310 e. The standard InChI is InChI=1S/C27H54O2/c1-8-9-10-11-12-13-14-15-16-17-18-19-20-21-25(22(2)3)27(23(4)5,24(6)7)26(28)29/h22-25H,8-21H2,1-7H3,(H,28,29). The summed E-state index contributed by atoms with van der Waals surface area (Å²) in [5.41, 5.74) is -0.606. The summed E-state index contributed by atoms with van der Waals surface area (Å²) in [4.78, 5) is 12.4. The first kappa shape index (κ1) is 28.5. The Bertz CT molecular complexity index is 389. The molecule has 1 N–H and O–H groups in total. The molecule has 0 aromatic carbocycles. The monoisotopic (exact) mass is 410 g/mol. The Balaban J connectivity index is 4.17. The van der Waals surface area contributed by atoms with Crippen LogP contribution in [-0.4, -0.2) is 11.1 Å². The summed E-state index contributed by atoms with van der Waals surface area (Å²) < 4.78 is 0. The first-order chi connectivity index (χ1) is 13.7. The molecule has 0 aliphatic carbocycles. The zero-order chi connectivity index (χ0) is 22.3. The summed E-state index contributed by atoms with van der Waals surface area (Å²) in [6, 6.07) is 0. The average molecular weight is 411 g/mol. The van der Waals surface area contributed by atoms with Crippen molar-refractivity contribution in [1.29, 1.82) is 0 Å². The van der Waals surface area contributed by atoms with Crippen LogP contribution in [0, 0.1) is 29.1 Å². The van der Waals surface area contributed by atoms with Crippen molar-refractivity contribution >= 4 is 5.97 Å². The van der Waals surface area contributed by atoms with Crippen LogP contribution in [-0.2, 0) is 4.79 Å². The van der Waals surface area contributed by atoms with Crippen molar-refractivity contribution in [3.05, 3.63) is 0 Å². The molecule has 0 aromatic heterocycles. The summed E-state index contributed by atoms with van der Waals surface area (Å²) in [7, 11) is 0. The fourth-order valence-electron chi connectivity index (χ4n) is 5.68. The molecule has 0 fully saturated rings. The minimum absolute atomic E-state index is 0.161. The van der Waals surface area contributed by atoms with Crippen LogP contribution in [0.3, 0.4) is 0 Å². The van der Waals surface area contributed by atoms with Crippen LogP contribution >= 0.6 is 0 Å². The number of carbonyl (C=O) groups is 1. The van der Waals surface area contributed by atoms with Gasteiger partial charge in [-0.2, -0.15) is 0 Å². The lowest BCUT2D eigenvalue weighted by atomic mass is 9.57. The number of carboxylic acid groups (broad SMARTS) is 1. The number of hydrogen-bond donors (Lipinski definition) is 1. The fraction of sp³-hybridized carbons (Fsp3) is 0.963. The zero-order valence-corrected chi connectivity index (χ0v) is 21.1. The largest absolute Gasteiger partial charge is 0.481 e. The molecule has 174 valence electrons. The quantitative estimate of drug-likeness (QED) is 0.215. The van der Waals surface area contributed by atoms with Gasteiger partial charge >= 0.3 is 5.97 Å². The number of hydrogen-bond acceptors (Lipinski definition) is 1. The Morgan fingerprint density at radius 3 is 1.28 bits per heavy atom. The van der Waals surface area contributed by atoms with Crippen molar-refractivity contribution in [1.82, 2.24) is 0 Å². The van der Waals surface area contributed by atoms with E-state index in [9.17, 15) is 9.90 Å². The lowest BCUT2D eigenvalue weighted by molar-refractivity contribution is -0.164. The molecule has 1 unspecified atom stereocenters. The van der Waals surface area contributed by atoms with E-state index in [1.165, 1.54) is 83.5 Å². The highest BCUT2D eigenvalue weighted by Crippen LogP contribution is 2.48. The second kappa shape index (κ2) is 16.2. The minimum atomic E-state index is -0.606. The van der Waals surface area contributed by atoms with Crippen molar-refractivity contribution in [3.63, 3.8) is 0 Å². The molecular formula is C27H54O2. The van der Waals surface area contributed by atoms with Crippen LogP contribution in [0.5, 0.6) is 0 Å². The first-order valence-corrected chi connectivity index (χ1v) is 13.0. The van der Waals surface area contributed by atoms with Gasteiger partial charge in [-0.05, 0) is 30.1 Å². The number of unbranched alkanes of at least 4 members (excludes halogenated alkanes) is 12. The van der Waals surface area contributed by atoms with E-state index in [1.54, 1.807) is 0 Å². The van der Waals surface area contributed by atoms with E-state index in [4.69, 9.17) is 0 Å². The van der Waals surface area contributed by atoms with Crippen molar-refractivity contribution in [2.45, 2.75) is 138 Å². The molecule has 0 heterocycles. The van der Waals surface area contributed by atoms with Crippen molar-refractivity contribution in [2.75, 3.05) is 0 Å². The molecule has 29 heavy (non-hydrogen) atoms. The maximum absolute atomic E-state index is 12.4. The van der Waals surface area contributed by atoms with E-state index in [0.29, 0.717) is 5.92 Å². The Morgan fingerprint density at radius 2 is 1.00 bits per heavy atom. The van der Waals surface area contributed by atoms with Crippen molar-refractivity contribution in [2.24, 2.45) is 29.1 Å². The van der Waals surface area contributed by atoms with Gasteiger partial charge in [-0.1, -0.05) is 132 Å². The van der Waals surface area contributed by atoms with Gasteiger partial charge in [-0.3, -0.25) is 4.79 Å². The van der Waals surface area contributed by atoms with Crippen LogP contribution in [0.2, 0.25) is 0 Å². The minimum Gasteiger partial charge on any atom is -0.481 e. The van der Waals surface area contributed by atoms with E-state index in [2.05, 4.69) is 48.5 Å². The van der Waals surface area contributed by atoms with E-state index in [0.717, 1.165) is 6.42 Å². The Labute approximate surface area is 183 Å². The van der Waals surface area contributed by atoms with Gasteiger partial charge in [0.25, 0.3) is 0 Å². The highest BCUT2D eigenvalue weighted by molar-refractivity contribution is 5.76.